The second-order valence-corrected chi connectivity index (χ2v) is 5.68. The highest BCUT2D eigenvalue weighted by Crippen LogP contribution is 2.25. The molecule has 3 nitrogen and oxygen atoms in total. The van der Waals surface area contributed by atoms with Crippen LogP contribution >= 0.6 is 0 Å². The predicted molar refractivity (Wildman–Crippen MR) is 69.8 cm³/mol. The molecule has 0 aromatic rings. The fraction of sp³-hybridized carbons (Fsp3) is 0.929. The first kappa shape index (κ1) is 12.9. The summed E-state index contributed by atoms with van der Waals surface area (Å²) in [6.45, 7) is 0. The first-order chi connectivity index (χ1) is 8.29. The summed E-state index contributed by atoms with van der Waals surface area (Å²) in [6, 6.07) is 1.10. The van der Waals surface area contributed by atoms with Gasteiger partial charge in [-0.05, 0) is 45.6 Å². The fourth-order valence-electron chi connectivity index (χ4n) is 3.21. The lowest BCUT2D eigenvalue weighted by Crippen LogP contribution is -2.43. The van der Waals surface area contributed by atoms with Crippen LogP contribution in [0.15, 0.2) is 0 Å². The predicted octanol–water partition coefficient (Wildman–Crippen LogP) is 2.21. The van der Waals surface area contributed by atoms with E-state index >= 15 is 0 Å². The number of nitrogens with one attached hydrogen (secondary N) is 2. The highest BCUT2D eigenvalue weighted by atomic mass is 16.1. The van der Waals surface area contributed by atoms with E-state index in [4.69, 9.17) is 0 Å². The van der Waals surface area contributed by atoms with Crippen molar-refractivity contribution in [2.45, 2.75) is 69.9 Å². The molecule has 1 amide bonds. The van der Waals surface area contributed by atoms with Crippen LogP contribution in [0, 0.1) is 5.92 Å². The van der Waals surface area contributed by atoms with E-state index in [1.165, 1.54) is 32.1 Å². The van der Waals surface area contributed by atoms with E-state index in [2.05, 4.69) is 10.6 Å². The molecule has 3 heteroatoms. The molecule has 2 saturated carbocycles. The molecule has 0 spiro atoms. The van der Waals surface area contributed by atoms with Gasteiger partial charge in [0, 0.05) is 18.0 Å². The summed E-state index contributed by atoms with van der Waals surface area (Å²) in [5.74, 6) is 0.642. The molecule has 2 aliphatic carbocycles. The van der Waals surface area contributed by atoms with E-state index < -0.39 is 0 Å². The van der Waals surface area contributed by atoms with Crippen molar-refractivity contribution in [2.75, 3.05) is 7.05 Å². The summed E-state index contributed by atoms with van der Waals surface area (Å²) < 4.78 is 0. The fourth-order valence-corrected chi connectivity index (χ4v) is 3.21. The third-order valence-corrected chi connectivity index (χ3v) is 4.46. The van der Waals surface area contributed by atoms with E-state index in [9.17, 15) is 4.79 Å². The number of hydrogen-bond acceptors (Lipinski definition) is 2. The van der Waals surface area contributed by atoms with Crippen LogP contribution < -0.4 is 10.6 Å². The molecule has 0 aromatic heterocycles. The average molecular weight is 238 g/mol. The van der Waals surface area contributed by atoms with E-state index in [1.807, 2.05) is 7.05 Å². The zero-order chi connectivity index (χ0) is 12.1. The van der Waals surface area contributed by atoms with Crippen LogP contribution in [0.4, 0.5) is 0 Å². The molecule has 98 valence electrons. The molecule has 0 unspecified atom stereocenters. The summed E-state index contributed by atoms with van der Waals surface area (Å²) in [7, 11) is 2.03. The Morgan fingerprint density at radius 3 is 2.06 bits per heavy atom. The van der Waals surface area contributed by atoms with Gasteiger partial charge in [0.2, 0.25) is 5.91 Å². The number of hydrogen-bond donors (Lipinski definition) is 2. The largest absolute Gasteiger partial charge is 0.353 e. The number of rotatable bonds is 3. The number of carbonyl (C=O) groups excluding carboxylic acids is 1. The molecular weight excluding hydrogens is 212 g/mol. The quantitative estimate of drug-likeness (QED) is 0.791. The molecule has 2 N–H and O–H groups in total. The Hall–Kier alpha value is -0.570. The van der Waals surface area contributed by atoms with Crippen LogP contribution in [0.1, 0.15) is 57.8 Å². The molecule has 0 bridgehead atoms. The van der Waals surface area contributed by atoms with Gasteiger partial charge in [-0.3, -0.25) is 4.79 Å². The van der Waals surface area contributed by atoms with Crippen LogP contribution in [0.2, 0.25) is 0 Å². The van der Waals surface area contributed by atoms with E-state index in [0.29, 0.717) is 23.9 Å². The Balaban J connectivity index is 1.71. The maximum atomic E-state index is 12.1. The Morgan fingerprint density at radius 2 is 1.47 bits per heavy atom. The second-order valence-electron chi connectivity index (χ2n) is 5.68. The van der Waals surface area contributed by atoms with Crippen molar-refractivity contribution in [1.82, 2.24) is 10.6 Å². The minimum absolute atomic E-state index is 0.311. The van der Waals surface area contributed by atoms with Gasteiger partial charge in [-0.2, -0.15) is 0 Å². The number of carbonyl (C=O) groups is 1. The minimum Gasteiger partial charge on any atom is -0.353 e. The van der Waals surface area contributed by atoms with Crippen LogP contribution in [0.25, 0.3) is 0 Å². The number of amides is 1. The van der Waals surface area contributed by atoms with Gasteiger partial charge in [0.15, 0.2) is 0 Å². The standard InChI is InChI=1S/C14H26N2O/c1-15-12-7-9-13(10-8-12)16-14(17)11-5-3-2-4-6-11/h11-13,15H,2-10H2,1H3,(H,16,17). The topological polar surface area (TPSA) is 41.1 Å². The van der Waals surface area contributed by atoms with E-state index in [0.717, 1.165) is 25.7 Å². The summed E-state index contributed by atoms with van der Waals surface area (Å²) >= 11 is 0. The Bertz CT molecular complexity index is 241. The molecule has 2 aliphatic rings. The molecule has 2 fully saturated rings. The zero-order valence-electron chi connectivity index (χ0n) is 11.0. The van der Waals surface area contributed by atoms with Crippen molar-refractivity contribution >= 4 is 5.91 Å². The lowest BCUT2D eigenvalue weighted by atomic mass is 9.87. The third-order valence-electron chi connectivity index (χ3n) is 4.46. The smallest absolute Gasteiger partial charge is 0.223 e. The van der Waals surface area contributed by atoms with Crippen molar-refractivity contribution in [3.63, 3.8) is 0 Å². The maximum absolute atomic E-state index is 12.1. The lowest BCUT2D eigenvalue weighted by molar-refractivity contribution is -0.126. The van der Waals surface area contributed by atoms with Gasteiger partial charge in [-0.25, -0.2) is 0 Å². The van der Waals surface area contributed by atoms with Crippen molar-refractivity contribution in [3.05, 3.63) is 0 Å². The minimum atomic E-state index is 0.311. The molecule has 0 radical (unpaired) electrons. The van der Waals surface area contributed by atoms with E-state index in [-0.39, 0.29) is 0 Å². The van der Waals surface area contributed by atoms with Crippen LogP contribution in [0.5, 0.6) is 0 Å². The van der Waals surface area contributed by atoms with Gasteiger partial charge in [0.05, 0.1) is 0 Å². The first-order valence-corrected chi connectivity index (χ1v) is 7.27. The third kappa shape index (κ3) is 3.70. The lowest BCUT2D eigenvalue weighted by Gasteiger charge is -2.30. The van der Waals surface area contributed by atoms with Gasteiger partial charge in [0.25, 0.3) is 0 Å². The molecule has 0 aromatic carbocycles. The maximum Gasteiger partial charge on any atom is 0.223 e. The van der Waals surface area contributed by atoms with Gasteiger partial charge in [0.1, 0.15) is 0 Å². The van der Waals surface area contributed by atoms with Crippen molar-refractivity contribution in [2.24, 2.45) is 5.92 Å². The molecule has 0 heterocycles. The highest BCUT2D eigenvalue weighted by Gasteiger charge is 2.25. The Kier molecular flexibility index (Phi) is 4.84. The van der Waals surface area contributed by atoms with Crippen molar-refractivity contribution in [1.29, 1.82) is 0 Å². The summed E-state index contributed by atoms with van der Waals surface area (Å²) in [4.78, 5) is 12.1. The molecule has 0 saturated heterocycles. The molecule has 2 rings (SSSR count). The Morgan fingerprint density at radius 1 is 0.882 bits per heavy atom. The van der Waals surface area contributed by atoms with Crippen LogP contribution in [-0.2, 0) is 4.79 Å². The average Bonchev–Trinajstić information content (AvgIpc) is 2.40. The Labute approximate surface area is 105 Å². The van der Waals surface area contributed by atoms with E-state index in [1.54, 1.807) is 0 Å². The molecular formula is C14H26N2O. The molecule has 0 aliphatic heterocycles. The highest BCUT2D eigenvalue weighted by molar-refractivity contribution is 5.79. The normalized spacial score (nSPS) is 31.1. The second kappa shape index (κ2) is 6.39. The van der Waals surface area contributed by atoms with Crippen molar-refractivity contribution in [3.8, 4) is 0 Å². The van der Waals surface area contributed by atoms with Crippen LogP contribution in [0.3, 0.4) is 0 Å². The van der Waals surface area contributed by atoms with Crippen LogP contribution in [-0.4, -0.2) is 25.0 Å². The van der Waals surface area contributed by atoms with Gasteiger partial charge in [-0.1, -0.05) is 19.3 Å². The summed E-state index contributed by atoms with van der Waals surface area (Å²) in [5, 5.41) is 6.59. The molecule has 0 atom stereocenters. The summed E-state index contributed by atoms with van der Waals surface area (Å²) in [5.41, 5.74) is 0. The van der Waals surface area contributed by atoms with Gasteiger partial charge < -0.3 is 10.6 Å². The van der Waals surface area contributed by atoms with Gasteiger partial charge >= 0.3 is 0 Å². The first-order valence-electron chi connectivity index (χ1n) is 7.27. The molecule has 17 heavy (non-hydrogen) atoms. The summed E-state index contributed by atoms with van der Waals surface area (Å²) in [6.07, 6.45) is 10.7. The monoisotopic (exact) mass is 238 g/mol. The SMILES string of the molecule is CNC1CCC(NC(=O)C2CCCCC2)CC1. The van der Waals surface area contributed by atoms with Crippen molar-refractivity contribution < 1.29 is 4.79 Å². The zero-order valence-corrected chi connectivity index (χ0v) is 11.0. The van der Waals surface area contributed by atoms with Gasteiger partial charge in [-0.15, -0.1) is 0 Å².